The molecule has 0 saturated carbocycles. The van der Waals surface area contributed by atoms with E-state index in [-0.39, 0.29) is 0 Å². The van der Waals surface area contributed by atoms with Crippen molar-refractivity contribution in [3.63, 3.8) is 0 Å². The van der Waals surface area contributed by atoms with Gasteiger partial charge in [0.15, 0.2) is 0 Å². The molecule has 0 saturated heterocycles. The topological polar surface area (TPSA) is 74.2 Å². The number of benzene rings is 1. The third kappa shape index (κ3) is 5.98. The number of carboxylic acids is 1. The van der Waals surface area contributed by atoms with Gasteiger partial charge in [0, 0.05) is 33.4 Å². The highest BCUT2D eigenvalue weighted by molar-refractivity contribution is 6.60. The summed E-state index contributed by atoms with van der Waals surface area (Å²) in [4.78, 5) is 10.4. The van der Waals surface area contributed by atoms with E-state index in [2.05, 4.69) is 0 Å². The fourth-order valence-corrected chi connectivity index (χ4v) is 3.57. The maximum Gasteiger partial charge on any atom is 0.500 e. The van der Waals surface area contributed by atoms with E-state index < -0.39 is 14.8 Å². The van der Waals surface area contributed by atoms with Crippen molar-refractivity contribution in [2.75, 3.05) is 27.9 Å². The molecule has 0 aliphatic rings. The van der Waals surface area contributed by atoms with Crippen molar-refractivity contribution < 1.29 is 27.9 Å². The fraction of sp³-hybridized carbons (Fsp3) is 0.400. The first kappa shape index (κ1) is 18.4. The van der Waals surface area contributed by atoms with Crippen LogP contribution in [0.4, 0.5) is 0 Å². The lowest BCUT2D eigenvalue weighted by molar-refractivity contribution is -0.131. The normalized spacial score (nSPS) is 11.8. The monoisotopic (exact) mass is 326 g/mol. The van der Waals surface area contributed by atoms with Crippen LogP contribution in [0.1, 0.15) is 12.0 Å². The van der Waals surface area contributed by atoms with E-state index in [0.717, 1.165) is 23.8 Å². The second kappa shape index (κ2) is 9.37. The zero-order valence-corrected chi connectivity index (χ0v) is 14.1. The maximum absolute atomic E-state index is 10.4. The first-order chi connectivity index (χ1) is 10.5. The van der Waals surface area contributed by atoms with E-state index in [1.807, 2.05) is 0 Å². The summed E-state index contributed by atoms with van der Waals surface area (Å²) in [7, 11) is 2.23. The second-order valence-corrected chi connectivity index (χ2v) is 7.58. The Morgan fingerprint density at radius 2 is 1.73 bits per heavy atom. The molecule has 0 amide bonds. The number of ether oxygens (including phenoxy) is 1. The van der Waals surface area contributed by atoms with E-state index in [9.17, 15) is 4.79 Å². The Bertz CT molecular complexity index is 473. The molecule has 6 nitrogen and oxygen atoms in total. The Hall–Kier alpha value is -1.67. The maximum atomic E-state index is 10.4. The van der Waals surface area contributed by atoms with Gasteiger partial charge in [-0.1, -0.05) is 12.1 Å². The SMILES string of the molecule is CO[Si](CCCOc1ccc(/C=C/C(=O)O)cc1)(OC)OC. The minimum atomic E-state index is -2.53. The number of hydrogen-bond acceptors (Lipinski definition) is 5. The first-order valence-electron chi connectivity index (χ1n) is 6.84. The lowest BCUT2D eigenvalue weighted by Gasteiger charge is -2.24. The van der Waals surface area contributed by atoms with E-state index in [4.69, 9.17) is 23.1 Å². The lowest BCUT2D eigenvalue weighted by atomic mass is 10.2. The number of carbonyl (C=O) groups is 1. The molecule has 0 aliphatic heterocycles. The summed E-state index contributed by atoms with van der Waals surface area (Å²) in [6.45, 7) is 0.523. The highest BCUT2D eigenvalue weighted by Gasteiger charge is 2.36. The molecule has 0 spiro atoms. The summed E-state index contributed by atoms with van der Waals surface area (Å²) in [6.07, 6.45) is 3.38. The molecule has 0 aliphatic carbocycles. The summed E-state index contributed by atoms with van der Waals surface area (Å²) in [6, 6.07) is 7.88. The van der Waals surface area contributed by atoms with Crippen LogP contribution in [0.15, 0.2) is 30.3 Å². The van der Waals surface area contributed by atoms with Gasteiger partial charge in [-0.2, -0.15) is 0 Å². The van der Waals surface area contributed by atoms with Gasteiger partial charge in [0.1, 0.15) is 5.75 Å². The summed E-state index contributed by atoms with van der Waals surface area (Å²) in [5.74, 6) is -0.241. The molecule has 1 aromatic rings. The predicted molar refractivity (Wildman–Crippen MR) is 84.8 cm³/mol. The minimum Gasteiger partial charge on any atom is -0.494 e. The van der Waals surface area contributed by atoms with Gasteiger partial charge < -0.3 is 23.1 Å². The number of aliphatic carboxylic acids is 1. The van der Waals surface area contributed by atoms with Crippen LogP contribution in [0.2, 0.25) is 6.04 Å². The molecule has 122 valence electrons. The molecule has 1 N–H and O–H groups in total. The van der Waals surface area contributed by atoms with Crippen LogP contribution in [0.5, 0.6) is 5.75 Å². The van der Waals surface area contributed by atoms with Crippen LogP contribution in [0.25, 0.3) is 6.08 Å². The van der Waals surface area contributed by atoms with Crippen molar-refractivity contribution in [2.45, 2.75) is 12.5 Å². The van der Waals surface area contributed by atoms with Gasteiger partial charge >= 0.3 is 14.8 Å². The molecule has 1 aromatic carbocycles. The Labute approximate surface area is 131 Å². The third-order valence-electron chi connectivity index (χ3n) is 3.13. The van der Waals surface area contributed by atoms with Crippen LogP contribution in [0.3, 0.4) is 0 Å². The molecule has 0 fully saturated rings. The molecular formula is C15H22O6Si. The van der Waals surface area contributed by atoms with Gasteiger partial charge in [-0.3, -0.25) is 0 Å². The zero-order chi connectivity index (χ0) is 16.4. The van der Waals surface area contributed by atoms with Crippen LogP contribution in [-0.2, 0) is 18.1 Å². The Morgan fingerprint density at radius 3 is 2.23 bits per heavy atom. The van der Waals surface area contributed by atoms with Crippen molar-refractivity contribution in [1.82, 2.24) is 0 Å². The Balaban J connectivity index is 2.41. The smallest absolute Gasteiger partial charge is 0.494 e. The highest BCUT2D eigenvalue weighted by atomic mass is 28.4. The summed E-state index contributed by atoms with van der Waals surface area (Å²) in [5, 5.41) is 8.56. The summed E-state index contributed by atoms with van der Waals surface area (Å²) < 4.78 is 21.6. The van der Waals surface area contributed by atoms with Gasteiger partial charge in [-0.15, -0.1) is 0 Å². The molecular weight excluding hydrogens is 304 g/mol. The van der Waals surface area contributed by atoms with Gasteiger partial charge in [-0.05, 0) is 30.2 Å². The molecule has 7 heteroatoms. The van der Waals surface area contributed by atoms with Gasteiger partial charge in [-0.25, -0.2) is 4.79 Å². The average Bonchev–Trinajstić information content (AvgIpc) is 2.55. The number of rotatable bonds is 10. The van der Waals surface area contributed by atoms with E-state index in [0.29, 0.717) is 12.7 Å². The van der Waals surface area contributed by atoms with E-state index in [1.165, 1.54) is 6.08 Å². The number of carboxylic acid groups (broad SMARTS) is 1. The van der Waals surface area contributed by atoms with E-state index >= 15 is 0 Å². The lowest BCUT2D eigenvalue weighted by Crippen LogP contribution is -2.42. The predicted octanol–water partition coefficient (Wildman–Crippen LogP) is 2.43. The molecule has 0 aromatic heterocycles. The average molecular weight is 326 g/mol. The van der Waals surface area contributed by atoms with Gasteiger partial charge in [0.05, 0.1) is 6.61 Å². The molecule has 1 rings (SSSR count). The van der Waals surface area contributed by atoms with E-state index in [1.54, 1.807) is 45.6 Å². The quantitative estimate of drug-likeness (QED) is 0.404. The van der Waals surface area contributed by atoms with Gasteiger partial charge in [0.25, 0.3) is 0 Å². The Kier molecular flexibility index (Phi) is 7.82. The largest absolute Gasteiger partial charge is 0.500 e. The first-order valence-corrected chi connectivity index (χ1v) is 8.78. The standard InChI is InChI=1S/C15H22O6Si/c1-18-22(19-2,20-3)12-4-11-21-14-8-5-13(6-9-14)7-10-15(16)17/h5-10H,4,11-12H2,1-3H3,(H,16,17)/b10-7+. The minimum absolute atomic E-state index is 0.523. The number of hydrogen-bond donors (Lipinski definition) is 1. The summed E-state index contributed by atoms with van der Waals surface area (Å²) in [5.41, 5.74) is 0.805. The summed E-state index contributed by atoms with van der Waals surface area (Å²) >= 11 is 0. The molecule has 22 heavy (non-hydrogen) atoms. The van der Waals surface area contributed by atoms with Crippen LogP contribution >= 0.6 is 0 Å². The zero-order valence-electron chi connectivity index (χ0n) is 13.1. The van der Waals surface area contributed by atoms with Crippen LogP contribution < -0.4 is 4.74 Å². The van der Waals surface area contributed by atoms with Gasteiger partial charge in [0.2, 0.25) is 0 Å². The molecule has 0 radical (unpaired) electrons. The molecule has 0 bridgehead atoms. The second-order valence-electron chi connectivity index (χ2n) is 4.49. The van der Waals surface area contributed by atoms with Crippen LogP contribution in [0, 0.1) is 0 Å². The Morgan fingerprint density at radius 1 is 1.14 bits per heavy atom. The fourth-order valence-electron chi connectivity index (χ4n) is 1.88. The van der Waals surface area contributed by atoms with Crippen molar-refractivity contribution in [1.29, 1.82) is 0 Å². The van der Waals surface area contributed by atoms with Crippen molar-refractivity contribution >= 4 is 20.8 Å². The third-order valence-corrected chi connectivity index (χ3v) is 5.96. The molecule has 0 atom stereocenters. The van der Waals surface area contributed by atoms with Crippen LogP contribution in [-0.4, -0.2) is 47.8 Å². The van der Waals surface area contributed by atoms with Crippen molar-refractivity contribution in [3.05, 3.63) is 35.9 Å². The van der Waals surface area contributed by atoms with Crippen molar-refractivity contribution in [3.8, 4) is 5.75 Å². The van der Waals surface area contributed by atoms with Crippen molar-refractivity contribution in [2.24, 2.45) is 0 Å². The molecule has 0 unspecified atom stereocenters. The molecule has 0 heterocycles. The highest BCUT2D eigenvalue weighted by Crippen LogP contribution is 2.17.